The SMILES string of the molecule is CC[C@H](O)c1cnc(N2CCN(c3ccc(F)c(S(C)(=O)=O)c3)CC2C(C)C)nc1C(F)(F)F. The van der Waals surface area contributed by atoms with Crippen molar-refractivity contribution in [2.75, 3.05) is 35.7 Å². The Bertz CT molecular complexity index is 1140. The first-order chi connectivity index (χ1) is 15.7. The van der Waals surface area contributed by atoms with Crippen LogP contribution in [0.4, 0.5) is 29.2 Å². The second-order valence-corrected chi connectivity index (χ2v) is 10.7. The van der Waals surface area contributed by atoms with E-state index in [-0.39, 0.29) is 36.4 Å². The smallest absolute Gasteiger partial charge is 0.388 e. The van der Waals surface area contributed by atoms with Crippen molar-refractivity contribution in [3.63, 3.8) is 0 Å². The zero-order valence-electron chi connectivity index (χ0n) is 19.3. The van der Waals surface area contributed by atoms with Gasteiger partial charge in [-0.2, -0.15) is 13.2 Å². The molecule has 3 rings (SSSR count). The number of aromatic nitrogens is 2. The van der Waals surface area contributed by atoms with Crippen LogP contribution < -0.4 is 9.80 Å². The maximum absolute atomic E-state index is 14.0. The number of aliphatic hydroxyl groups is 1. The standard InChI is InChI=1S/C22H28F4N4O3S/c1-5-18(31)15-11-27-21(28-20(15)22(24,25)26)30-9-8-29(12-17(30)13(2)3)14-6-7-16(23)19(10-14)34(4,32)33/h6-7,10-11,13,17-18,31H,5,8-9,12H2,1-4H3/t17?,18-/m0/s1. The van der Waals surface area contributed by atoms with Crippen molar-refractivity contribution in [2.24, 2.45) is 5.92 Å². The molecule has 1 unspecified atom stereocenters. The molecule has 1 aromatic heterocycles. The number of hydrogen-bond donors (Lipinski definition) is 1. The molecule has 2 aromatic rings. The molecule has 0 saturated carbocycles. The highest BCUT2D eigenvalue weighted by Crippen LogP contribution is 2.36. The highest BCUT2D eigenvalue weighted by atomic mass is 32.2. The summed E-state index contributed by atoms with van der Waals surface area (Å²) < 4.78 is 78.9. The first-order valence-electron chi connectivity index (χ1n) is 10.9. The van der Waals surface area contributed by atoms with Crippen LogP contribution in [0.15, 0.2) is 29.3 Å². The van der Waals surface area contributed by atoms with E-state index in [0.717, 1.165) is 18.5 Å². The zero-order valence-corrected chi connectivity index (χ0v) is 20.2. The third-order valence-corrected chi connectivity index (χ3v) is 7.05. The van der Waals surface area contributed by atoms with Crippen LogP contribution in [0.1, 0.15) is 44.6 Å². The molecule has 1 aliphatic heterocycles. The molecule has 34 heavy (non-hydrogen) atoms. The molecule has 1 fully saturated rings. The molecular weight excluding hydrogens is 476 g/mol. The molecule has 1 aliphatic rings. The van der Waals surface area contributed by atoms with E-state index in [9.17, 15) is 31.1 Å². The third kappa shape index (κ3) is 5.43. The van der Waals surface area contributed by atoms with Crippen LogP contribution in [0, 0.1) is 11.7 Å². The maximum atomic E-state index is 14.0. The van der Waals surface area contributed by atoms with Crippen molar-refractivity contribution in [3.05, 3.63) is 41.5 Å². The molecule has 0 radical (unpaired) electrons. The number of benzene rings is 1. The minimum absolute atomic E-state index is 0.0172. The number of halogens is 4. The first-order valence-corrected chi connectivity index (χ1v) is 12.8. The van der Waals surface area contributed by atoms with E-state index >= 15 is 0 Å². The van der Waals surface area contributed by atoms with Gasteiger partial charge in [-0.1, -0.05) is 20.8 Å². The van der Waals surface area contributed by atoms with Crippen molar-refractivity contribution in [3.8, 4) is 0 Å². The topological polar surface area (TPSA) is 86.6 Å². The Labute approximate surface area is 196 Å². The van der Waals surface area contributed by atoms with Crippen molar-refractivity contribution in [1.29, 1.82) is 0 Å². The van der Waals surface area contributed by atoms with E-state index in [0.29, 0.717) is 18.8 Å². The number of alkyl halides is 3. The zero-order chi connectivity index (χ0) is 25.4. The fourth-order valence-electron chi connectivity index (χ4n) is 4.05. The molecule has 12 heteroatoms. The molecular formula is C22H28F4N4O3S. The summed E-state index contributed by atoms with van der Waals surface area (Å²) in [6, 6.07) is 3.55. The molecule has 2 atom stereocenters. The van der Waals surface area contributed by atoms with Gasteiger partial charge in [0.1, 0.15) is 10.7 Å². The first kappa shape index (κ1) is 26.1. The van der Waals surface area contributed by atoms with Gasteiger partial charge in [0, 0.05) is 43.3 Å². The average Bonchev–Trinajstić information content (AvgIpc) is 2.76. The van der Waals surface area contributed by atoms with E-state index in [4.69, 9.17) is 0 Å². The Hall–Kier alpha value is -2.47. The predicted molar refractivity (Wildman–Crippen MR) is 120 cm³/mol. The van der Waals surface area contributed by atoms with Crippen LogP contribution in [0.5, 0.6) is 0 Å². The summed E-state index contributed by atoms with van der Waals surface area (Å²) in [6.45, 7) is 6.33. The van der Waals surface area contributed by atoms with Crippen molar-refractivity contribution in [1.82, 2.24) is 9.97 Å². The fourth-order valence-corrected chi connectivity index (χ4v) is 4.80. The summed E-state index contributed by atoms with van der Waals surface area (Å²) in [5.41, 5.74) is -1.02. The largest absolute Gasteiger partial charge is 0.433 e. The number of anilines is 2. The second-order valence-electron chi connectivity index (χ2n) is 8.73. The van der Waals surface area contributed by atoms with Crippen LogP contribution in [0.25, 0.3) is 0 Å². The third-order valence-electron chi connectivity index (χ3n) is 5.94. The van der Waals surface area contributed by atoms with Gasteiger partial charge in [0.05, 0.1) is 12.1 Å². The van der Waals surface area contributed by atoms with Crippen LogP contribution >= 0.6 is 0 Å². The molecule has 0 spiro atoms. The molecule has 188 valence electrons. The molecule has 1 aromatic carbocycles. The quantitative estimate of drug-likeness (QED) is 0.599. The summed E-state index contributed by atoms with van der Waals surface area (Å²) in [5, 5.41) is 10.0. The molecule has 1 saturated heterocycles. The van der Waals surface area contributed by atoms with Crippen LogP contribution in [-0.2, 0) is 16.0 Å². The van der Waals surface area contributed by atoms with E-state index < -0.39 is 38.5 Å². The molecule has 0 bridgehead atoms. The molecule has 0 amide bonds. The Morgan fingerprint density at radius 2 is 1.91 bits per heavy atom. The van der Waals surface area contributed by atoms with E-state index in [2.05, 4.69) is 9.97 Å². The summed E-state index contributed by atoms with van der Waals surface area (Å²) in [7, 11) is -3.77. The highest BCUT2D eigenvalue weighted by Gasteiger charge is 2.39. The molecule has 1 N–H and O–H groups in total. The maximum Gasteiger partial charge on any atom is 0.433 e. The number of piperazine rings is 1. The van der Waals surface area contributed by atoms with E-state index in [1.54, 1.807) is 11.8 Å². The number of aliphatic hydroxyl groups excluding tert-OH is 1. The van der Waals surface area contributed by atoms with Crippen LogP contribution in [0.2, 0.25) is 0 Å². The van der Waals surface area contributed by atoms with Gasteiger partial charge in [-0.15, -0.1) is 0 Å². The second kappa shape index (κ2) is 9.65. The summed E-state index contributed by atoms with van der Waals surface area (Å²) in [6.07, 6.45) is -4.04. The van der Waals surface area contributed by atoms with Gasteiger partial charge in [0.2, 0.25) is 5.95 Å². The Kier molecular flexibility index (Phi) is 7.42. The normalized spacial score (nSPS) is 18.5. The summed E-state index contributed by atoms with van der Waals surface area (Å²) in [4.78, 5) is 11.1. The highest BCUT2D eigenvalue weighted by molar-refractivity contribution is 7.90. The lowest BCUT2D eigenvalue weighted by Gasteiger charge is -2.44. The van der Waals surface area contributed by atoms with E-state index in [1.807, 2.05) is 18.7 Å². The molecule has 0 aliphatic carbocycles. The van der Waals surface area contributed by atoms with Gasteiger partial charge in [-0.3, -0.25) is 0 Å². The Morgan fingerprint density at radius 1 is 1.24 bits per heavy atom. The van der Waals surface area contributed by atoms with Gasteiger partial charge in [0.25, 0.3) is 0 Å². The minimum Gasteiger partial charge on any atom is -0.388 e. The minimum atomic E-state index is -4.76. The monoisotopic (exact) mass is 504 g/mol. The van der Waals surface area contributed by atoms with Gasteiger partial charge >= 0.3 is 6.18 Å². The van der Waals surface area contributed by atoms with E-state index in [1.165, 1.54) is 12.1 Å². The number of sulfone groups is 1. The Morgan fingerprint density at radius 3 is 2.47 bits per heavy atom. The average molecular weight is 505 g/mol. The van der Waals surface area contributed by atoms with Crippen LogP contribution in [-0.4, -0.2) is 55.4 Å². The van der Waals surface area contributed by atoms with Crippen molar-refractivity contribution >= 4 is 21.5 Å². The number of nitrogens with zero attached hydrogens (tertiary/aromatic N) is 4. The summed E-state index contributed by atoms with van der Waals surface area (Å²) >= 11 is 0. The summed E-state index contributed by atoms with van der Waals surface area (Å²) in [5.74, 6) is -0.946. The van der Waals surface area contributed by atoms with Gasteiger partial charge in [-0.05, 0) is 30.5 Å². The van der Waals surface area contributed by atoms with Crippen LogP contribution in [0.3, 0.4) is 0 Å². The molecule has 2 heterocycles. The van der Waals surface area contributed by atoms with Crippen molar-refractivity contribution < 1.29 is 31.1 Å². The lowest BCUT2D eigenvalue weighted by atomic mass is 9.99. The van der Waals surface area contributed by atoms with Crippen molar-refractivity contribution in [2.45, 2.75) is 50.4 Å². The predicted octanol–water partition coefficient (Wildman–Crippen LogP) is 3.83. The molecule has 7 nitrogen and oxygen atoms in total. The van der Waals surface area contributed by atoms with Gasteiger partial charge in [-0.25, -0.2) is 22.8 Å². The van der Waals surface area contributed by atoms with Gasteiger partial charge < -0.3 is 14.9 Å². The van der Waals surface area contributed by atoms with Gasteiger partial charge in [0.15, 0.2) is 15.5 Å². The number of hydrogen-bond acceptors (Lipinski definition) is 7. The number of rotatable bonds is 6. The lowest BCUT2D eigenvalue weighted by Crippen LogP contribution is -2.56. The fraction of sp³-hybridized carbons (Fsp3) is 0.545. The Balaban J connectivity index is 1.95. The lowest BCUT2D eigenvalue weighted by molar-refractivity contribution is -0.142.